The second-order valence-electron chi connectivity index (χ2n) is 5.39. The van der Waals surface area contributed by atoms with Crippen LogP contribution in [0.4, 0.5) is 0 Å². The Morgan fingerprint density at radius 1 is 1.20 bits per heavy atom. The smallest absolute Gasteiger partial charge is 0.257 e. The van der Waals surface area contributed by atoms with E-state index in [1.807, 2.05) is 41.8 Å². The van der Waals surface area contributed by atoms with Crippen molar-refractivity contribution in [1.82, 2.24) is 15.5 Å². The van der Waals surface area contributed by atoms with E-state index >= 15 is 0 Å². The van der Waals surface area contributed by atoms with Crippen LogP contribution in [0.2, 0.25) is 0 Å². The lowest BCUT2D eigenvalue weighted by molar-refractivity contribution is -0.121. The molecular formula is C18H19N3O3S. The lowest BCUT2D eigenvalue weighted by atomic mass is 10.1. The third-order valence-electron chi connectivity index (χ3n) is 3.67. The van der Waals surface area contributed by atoms with Crippen molar-refractivity contribution in [3.8, 4) is 16.5 Å². The van der Waals surface area contributed by atoms with Crippen molar-refractivity contribution in [2.75, 3.05) is 13.7 Å². The van der Waals surface area contributed by atoms with E-state index in [9.17, 15) is 4.79 Å². The van der Waals surface area contributed by atoms with Crippen molar-refractivity contribution in [1.29, 1.82) is 0 Å². The van der Waals surface area contributed by atoms with Gasteiger partial charge >= 0.3 is 0 Å². The Labute approximate surface area is 149 Å². The second kappa shape index (κ2) is 8.43. The number of nitrogens with zero attached hydrogens (tertiary/aromatic N) is 2. The number of methoxy groups -OCH3 is 1. The molecular weight excluding hydrogens is 338 g/mol. The van der Waals surface area contributed by atoms with Gasteiger partial charge in [0.2, 0.25) is 11.8 Å². The van der Waals surface area contributed by atoms with Crippen molar-refractivity contribution < 1.29 is 13.9 Å². The summed E-state index contributed by atoms with van der Waals surface area (Å²) in [6.45, 7) is 0.559. The number of thiophene rings is 1. The first-order chi connectivity index (χ1) is 12.3. The number of aryl methyl sites for hydroxylation is 1. The van der Waals surface area contributed by atoms with Crippen LogP contribution in [-0.2, 0) is 17.6 Å². The highest BCUT2D eigenvalue weighted by molar-refractivity contribution is 7.13. The zero-order valence-electron chi connectivity index (χ0n) is 13.9. The molecule has 2 heterocycles. The summed E-state index contributed by atoms with van der Waals surface area (Å²) in [5.41, 5.74) is 1.07. The number of hydrogen-bond donors (Lipinski definition) is 1. The molecule has 0 spiro atoms. The minimum absolute atomic E-state index is 0.0363. The molecule has 0 bridgehead atoms. The van der Waals surface area contributed by atoms with Crippen LogP contribution >= 0.6 is 11.3 Å². The van der Waals surface area contributed by atoms with Crippen molar-refractivity contribution in [3.63, 3.8) is 0 Å². The monoisotopic (exact) mass is 357 g/mol. The molecule has 0 aliphatic rings. The summed E-state index contributed by atoms with van der Waals surface area (Å²) < 4.78 is 10.9. The van der Waals surface area contributed by atoms with E-state index in [0.717, 1.165) is 22.6 Å². The summed E-state index contributed by atoms with van der Waals surface area (Å²) in [5, 5.41) is 12.9. The molecule has 0 saturated heterocycles. The molecule has 130 valence electrons. The van der Waals surface area contributed by atoms with E-state index in [2.05, 4.69) is 15.5 Å². The summed E-state index contributed by atoms with van der Waals surface area (Å²) in [6.07, 6.45) is 1.47. The average molecular weight is 357 g/mol. The maximum atomic E-state index is 12.0. The SMILES string of the molecule is COc1ccccc1CCNC(=O)CCc1nnc(-c2cccs2)o1. The molecule has 0 unspecified atom stereocenters. The average Bonchev–Trinajstić information content (AvgIpc) is 3.32. The fraction of sp³-hybridized carbons (Fsp3) is 0.278. The van der Waals surface area contributed by atoms with Crippen LogP contribution in [-0.4, -0.2) is 29.8 Å². The topological polar surface area (TPSA) is 77.2 Å². The third-order valence-corrected chi connectivity index (χ3v) is 4.53. The molecule has 1 amide bonds. The lowest BCUT2D eigenvalue weighted by Crippen LogP contribution is -2.26. The van der Waals surface area contributed by atoms with Crippen molar-refractivity contribution in [2.24, 2.45) is 0 Å². The fourth-order valence-corrected chi connectivity index (χ4v) is 3.05. The van der Waals surface area contributed by atoms with Gasteiger partial charge in [-0.15, -0.1) is 21.5 Å². The normalized spacial score (nSPS) is 10.6. The van der Waals surface area contributed by atoms with Crippen LogP contribution in [0, 0.1) is 0 Å². The molecule has 0 radical (unpaired) electrons. The van der Waals surface area contributed by atoms with E-state index in [4.69, 9.17) is 9.15 Å². The summed E-state index contributed by atoms with van der Waals surface area (Å²) in [5.74, 6) is 1.78. The zero-order chi connectivity index (χ0) is 17.5. The standard InChI is InChI=1S/C18H19N3O3S/c1-23-14-6-3-2-5-13(14)10-11-19-16(22)8-9-17-20-21-18(24-17)15-7-4-12-25-15/h2-7,12H,8-11H2,1H3,(H,19,22). The molecule has 3 rings (SSSR count). The van der Waals surface area contributed by atoms with E-state index in [1.54, 1.807) is 7.11 Å². The van der Waals surface area contributed by atoms with Gasteiger partial charge in [0, 0.05) is 19.4 Å². The summed E-state index contributed by atoms with van der Waals surface area (Å²) in [7, 11) is 1.65. The summed E-state index contributed by atoms with van der Waals surface area (Å²) >= 11 is 1.54. The quantitative estimate of drug-likeness (QED) is 0.670. The maximum absolute atomic E-state index is 12.0. The van der Waals surface area contributed by atoms with Gasteiger partial charge < -0.3 is 14.5 Å². The second-order valence-corrected chi connectivity index (χ2v) is 6.34. The first-order valence-corrected chi connectivity index (χ1v) is 8.89. The molecule has 0 atom stereocenters. The van der Waals surface area contributed by atoms with E-state index < -0.39 is 0 Å². The van der Waals surface area contributed by atoms with Gasteiger partial charge in [-0.1, -0.05) is 24.3 Å². The largest absolute Gasteiger partial charge is 0.496 e. The van der Waals surface area contributed by atoms with Gasteiger partial charge in [-0.3, -0.25) is 4.79 Å². The fourth-order valence-electron chi connectivity index (χ4n) is 2.41. The molecule has 0 fully saturated rings. The van der Waals surface area contributed by atoms with Gasteiger partial charge in [0.25, 0.3) is 5.89 Å². The highest BCUT2D eigenvalue weighted by Gasteiger charge is 2.11. The number of carbonyl (C=O) groups is 1. The highest BCUT2D eigenvalue weighted by Crippen LogP contribution is 2.23. The number of rotatable bonds is 8. The van der Waals surface area contributed by atoms with Gasteiger partial charge in [0.1, 0.15) is 5.75 Å². The molecule has 0 saturated carbocycles. The Balaban J connectivity index is 1.42. The van der Waals surface area contributed by atoms with Crippen LogP contribution in [0.3, 0.4) is 0 Å². The number of hydrogen-bond acceptors (Lipinski definition) is 6. The molecule has 25 heavy (non-hydrogen) atoms. The van der Waals surface area contributed by atoms with Crippen molar-refractivity contribution in [2.45, 2.75) is 19.3 Å². The number of aromatic nitrogens is 2. The Morgan fingerprint density at radius 2 is 2.08 bits per heavy atom. The third kappa shape index (κ3) is 4.67. The lowest BCUT2D eigenvalue weighted by Gasteiger charge is -2.08. The van der Waals surface area contributed by atoms with Gasteiger partial charge in [-0.05, 0) is 29.5 Å². The molecule has 0 aliphatic heterocycles. The first kappa shape index (κ1) is 17.2. The number of para-hydroxylation sites is 1. The van der Waals surface area contributed by atoms with Crippen molar-refractivity contribution in [3.05, 3.63) is 53.2 Å². The molecule has 0 aliphatic carbocycles. The molecule has 7 heteroatoms. The van der Waals surface area contributed by atoms with Crippen LogP contribution in [0.5, 0.6) is 5.75 Å². The zero-order valence-corrected chi connectivity index (χ0v) is 14.7. The predicted molar refractivity (Wildman–Crippen MR) is 95.6 cm³/mol. The molecule has 6 nitrogen and oxygen atoms in total. The molecule has 1 N–H and O–H groups in total. The van der Waals surface area contributed by atoms with E-state index in [-0.39, 0.29) is 5.91 Å². The molecule has 2 aromatic heterocycles. The van der Waals surface area contributed by atoms with Gasteiger partial charge in [0.05, 0.1) is 12.0 Å². The van der Waals surface area contributed by atoms with E-state index in [1.165, 1.54) is 11.3 Å². The van der Waals surface area contributed by atoms with Crippen LogP contribution < -0.4 is 10.1 Å². The van der Waals surface area contributed by atoms with E-state index in [0.29, 0.717) is 31.2 Å². The highest BCUT2D eigenvalue weighted by atomic mass is 32.1. The number of benzene rings is 1. The number of carbonyl (C=O) groups excluding carboxylic acids is 1. The Kier molecular flexibility index (Phi) is 5.79. The number of ether oxygens (including phenoxy) is 1. The predicted octanol–water partition coefficient (Wildman–Crippen LogP) is 3.10. The minimum Gasteiger partial charge on any atom is -0.496 e. The molecule has 3 aromatic rings. The van der Waals surface area contributed by atoms with Gasteiger partial charge in [0.15, 0.2) is 0 Å². The van der Waals surface area contributed by atoms with Crippen molar-refractivity contribution >= 4 is 17.2 Å². The van der Waals surface area contributed by atoms with Gasteiger partial charge in [-0.2, -0.15) is 0 Å². The Morgan fingerprint density at radius 3 is 2.88 bits per heavy atom. The summed E-state index contributed by atoms with van der Waals surface area (Å²) in [4.78, 5) is 12.9. The first-order valence-electron chi connectivity index (χ1n) is 8.01. The Hall–Kier alpha value is -2.67. The number of amides is 1. The molecule has 1 aromatic carbocycles. The maximum Gasteiger partial charge on any atom is 0.257 e. The Bertz CT molecular complexity index is 815. The minimum atomic E-state index is -0.0363. The number of nitrogens with one attached hydrogen (secondary N) is 1. The van der Waals surface area contributed by atoms with Gasteiger partial charge in [-0.25, -0.2) is 0 Å². The van der Waals surface area contributed by atoms with Crippen LogP contribution in [0.25, 0.3) is 10.8 Å². The summed E-state index contributed by atoms with van der Waals surface area (Å²) in [6, 6.07) is 11.6. The van der Waals surface area contributed by atoms with Crippen LogP contribution in [0.15, 0.2) is 46.2 Å². The van der Waals surface area contributed by atoms with Crippen LogP contribution in [0.1, 0.15) is 17.9 Å².